The SMILES string of the molecule is N#CCCN1[C@@H]2CC[C@H]1C[C@H](Nc1nc(Nc3cc(C#N)[nH]n3)cc3c1CCC=N3)C2. The van der Waals surface area contributed by atoms with Crippen LogP contribution in [-0.2, 0) is 6.42 Å². The Kier molecular flexibility index (Phi) is 5.27. The van der Waals surface area contributed by atoms with Crippen LogP contribution < -0.4 is 10.6 Å². The molecule has 3 aliphatic rings. The Bertz CT molecular complexity index is 1060. The standard InChI is InChI=1S/C22H25N9/c23-6-2-8-31-16-4-5-17(31)10-14(9-16)26-22-18-3-1-7-25-19(18)12-20(28-22)27-21-11-15(13-24)29-30-21/h7,11-12,14,16-17H,1-5,8-10H2,(H3,26,27,28,29,30)/t14-,16-,17+. The summed E-state index contributed by atoms with van der Waals surface area (Å²) in [6.45, 7) is 0.884. The number of aromatic amines is 1. The van der Waals surface area contributed by atoms with Crippen molar-refractivity contribution in [3.05, 3.63) is 23.4 Å². The first kappa shape index (κ1) is 19.5. The molecule has 5 heterocycles. The Labute approximate surface area is 181 Å². The van der Waals surface area contributed by atoms with Gasteiger partial charge in [-0.25, -0.2) is 4.98 Å². The number of hydrogen-bond acceptors (Lipinski definition) is 8. The molecular weight excluding hydrogens is 390 g/mol. The summed E-state index contributed by atoms with van der Waals surface area (Å²) in [5, 5.41) is 31.7. The van der Waals surface area contributed by atoms with Gasteiger partial charge in [0.1, 0.15) is 23.4 Å². The zero-order chi connectivity index (χ0) is 21.2. The van der Waals surface area contributed by atoms with E-state index in [4.69, 9.17) is 15.5 Å². The average Bonchev–Trinajstić information content (AvgIpc) is 3.33. The zero-order valence-corrected chi connectivity index (χ0v) is 17.3. The maximum absolute atomic E-state index is 9.00. The van der Waals surface area contributed by atoms with Crippen LogP contribution in [0.5, 0.6) is 0 Å². The number of pyridine rings is 1. The molecule has 3 N–H and O–H groups in total. The summed E-state index contributed by atoms with van der Waals surface area (Å²) in [6, 6.07) is 9.39. The lowest BCUT2D eigenvalue weighted by molar-refractivity contribution is 0.135. The number of nitrogens with one attached hydrogen (secondary N) is 3. The lowest BCUT2D eigenvalue weighted by Crippen LogP contribution is -2.47. The Morgan fingerprint density at radius 3 is 2.74 bits per heavy atom. The fourth-order valence-corrected chi connectivity index (χ4v) is 5.18. The van der Waals surface area contributed by atoms with Crippen LogP contribution in [0.1, 0.15) is 49.8 Å². The zero-order valence-electron chi connectivity index (χ0n) is 17.3. The van der Waals surface area contributed by atoms with Crippen molar-refractivity contribution < 1.29 is 0 Å². The van der Waals surface area contributed by atoms with Gasteiger partial charge in [-0.3, -0.25) is 15.0 Å². The third-order valence-corrected chi connectivity index (χ3v) is 6.52. The molecule has 0 radical (unpaired) electrons. The third kappa shape index (κ3) is 3.97. The predicted octanol–water partition coefficient (Wildman–Crippen LogP) is 3.39. The van der Waals surface area contributed by atoms with E-state index in [2.05, 4.69) is 36.8 Å². The van der Waals surface area contributed by atoms with Crippen molar-refractivity contribution in [2.75, 3.05) is 17.2 Å². The number of anilines is 3. The van der Waals surface area contributed by atoms with Gasteiger partial charge in [-0.05, 0) is 38.5 Å². The van der Waals surface area contributed by atoms with E-state index in [1.807, 2.05) is 18.4 Å². The van der Waals surface area contributed by atoms with Gasteiger partial charge < -0.3 is 10.6 Å². The quantitative estimate of drug-likeness (QED) is 0.659. The van der Waals surface area contributed by atoms with Gasteiger partial charge >= 0.3 is 0 Å². The molecule has 3 atom stereocenters. The van der Waals surface area contributed by atoms with Crippen LogP contribution in [0.25, 0.3) is 0 Å². The molecule has 2 saturated heterocycles. The molecular formula is C22H25N9. The fraction of sp³-hybridized carbons (Fsp3) is 0.500. The minimum atomic E-state index is 0.365. The summed E-state index contributed by atoms with van der Waals surface area (Å²) >= 11 is 0. The molecule has 9 heteroatoms. The normalized spacial score (nSPS) is 24.3. The number of hydrogen-bond donors (Lipinski definition) is 3. The van der Waals surface area contributed by atoms with Crippen LogP contribution in [0.4, 0.5) is 23.1 Å². The lowest BCUT2D eigenvalue weighted by Gasteiger charge is -2.39. The van der Waals surface area contributed by atoms with Crippen LogP contribution in [0, 0.1) is 22.7 Å². The largest absolute Gasteiger partial charge is 0.367 e. The molecule has 2 bridgehead atoms. The molecule has 9 nitrogen and oxygen atoms in total. The summed E-state index contributed by atoms with van der Waals surface area (Å²) in [5.74, 6) is 2.10. The number of piperidine rings is 1. The lowest BCUT2D eigenvalue weighted by atomic mass is 9.96. The molecule has 0 saturated carbocycles. The van der Waals surface area contributed by atoms with Crippen molar-refractivity contribution in [3.8, 4) is 12.1 Å². The molecule has 0 unspecified atom stereocenters. The topological polar surface area (TPSA) is 129 Å². The molecule has 2 aromatic rings. The minimum Gasteiger partial charge on any atom is -0.367 e. The molecule has 5 rings (SSSR count). The van der Waals surface area contributed by atoms with Gasteiger partial charge in [0.05, 0.1) is 11.8 Å². The van der Waals surface area contributed by atoms with Crippen molar-refractivity contribution >= 4 is 29.4 Å². The van der Waals surface area contributed by atoms with Gasteiger partial charge in [-0.15, -0.1) is 0 Å². The molecule has 2 aromatic heterocycles. The van der Waals surface area contributed by atoms with Gasteiger partial charge in [-0.1, -0.05) is 0 Å². The molecule has 158 valence electrons. The summed E-state index contributed by atoms with van der Waals surface area (Å²) in [5.41, 5.74) is 2.49. The third-order valence-electron chi connectivity index (χ3n) is 6.52. The maximum atomic E-state index is 9.00. The minimum absolute atomic E-state index is 0.365. The first-order chi connectivity index (χ1) is 15.2. The van der Waals surface area contributed by atoms with Gasteiger partial charge in [0.25, 0.3) is 0 Å². The van der Waals surface area contributed by atoms with Gasteiger partial charge in [0.15, 0.2) is 5.82 Å². The Balaban J connectivity index is 1.36. The first-order valence-corrected chi connectivity index (χ1v) is 10.9. The smallest absolute Gasteiger partial charge is 0.154 e. The molecule has 2 fully saturated rings. The number of nitrogens with zero attached hydrogens (tertiary/aromatic N) is 6. The van der Waals surface area contributed by atoms with E-state index in [1.54, 1.807) is 6.07 Å². The van der Waals surface area contributed by atoms with E-state index in [9.17, 15) is 0 Å². The average molecular weight is 416 g/mol. The van der Waals surface area contributed by atoms with Crippen molar-refractivity contribution in [1.29, 1.82) is 10.5 Å². The summed E-state index contributed by atoms with van der Waals surface area (Å²) in [6.07, 6.45) is 8.97. The van der Waals surface area contributed by atoms with Crippen molar-refractivity contribution in [2.45, 2.75) is 63.1 Å². The number of rotatable bonds is 6. The van der Waals surface area contributed by atoms with Gasteiger partial charge in [-0.2, -0.15) is 15.6 Å². The van der Waals surface area contributed by atoms with Gasteiger partial charge in [0.2, 0.25) is 0 Å². The predicted molar refractivity (Wildman–Crippen MR) is 118 cm³/mol. The van der Waals surface area contributed by atoms with E-state index in [0.29, 0.717) is 41.9 Å². The highest BCUT2D eigenvalue weighted by atomic mass is 15.2. The Hall–Kier alpha value is -3.43. The van der Waals surface area contributed by atoms with Crippen LogP contribution in [-0.4, -0.2) is 51.0 Å². The van der Waals surface area contributed by atoms with E-state index >= 15 is 0 Å². The van der Waals surface area contributed by atoms with Crippen molar-refractivity contribution in [1.82, 2.24) is 20.1 Å². The second-order valence-electron chi connectivity index (χ2n) is 8.45. The maximum Gasteiger partial charge on any atom is 0.154 e. The van der Waals surface area contributed by atoms with E-state index in [0.717, 1.165) is 49.3 Å². The monoisotopic (exact) mass is 415 g/mol. The number of H-pyrrole nitrogens is 1. The van der Waals surface area contributed by atoms with Crippen LogP contribution in [0.2, 0.25) is 0 Å². The van der Waals surface area contributed by atoms with Crippen LogP contribution in [0.3, 0.4) is 0 Å². The molecule has 0 aliphatic carbocycles. The highest BCUT2D eigenvalue weighted by Crippen LogP contribution is 2.39. The van der Waals surface area contributed by atoms with E-state index in [-0.39, 0.29) is 0 Å². The highest BCUT2D eigenvalue weighted by Gasteiger charge is 2.40. The van der Waals surface area contributed by atoms with Crippen LogP contribution in [0.15, 0.2) is 17.1 Å². The van der Waals surface area contributed by atoms with E-state index in [1.165, 1.54) is 12.8 Å². The summed E-state index contributed by atoms with van der Waals surface area (Å²) < 4.78 is 0. The van der Waals surface area contributed by atoms with E-state index < -0.39 is 0 Å². The van der Waals surface area contributed by atoms with Crippen molar-refractivity contribution in [3.63, 3.8) is 0 Å². The van der Waals surface area contributed by atoms with Crippen LogP contribution >= 0.6 is 0 Å². The molecule has 0 spiro atoms. The fourth-order valence-electron chi connectivity index (χ4n) is 5.18. The molecule has 31 heavy (non-hydrogen) atoms. The number of aromatic nitrogens is 3. The molecule has 0 aromatic carbocycles. The first-order valence-electron chi connectivity index (χ1n) is 10.9. The Morgan fingerprint density at radius 1 is 1.16 bits per heavy atom. The highest BCUT2D eigenvalue weighted by molar-refractivity contribution is 5.76. The number of nitriles is 2. The summed E-state index contributed by atoms with van der Waals surface area (Å²) in [7, 11) is 0. The van der Waals surface area contributed by atoms with Crippen molar-refractivity contribution in [2.24, 2.45) is 4.99 Å². The second-order valence-corrected chi connectivity index (χ2v) is 8.45. The number of fused-ring (bicyclic) bond motifs is 3. The Morgan fingerprint density at radius 2 is 2.00 bits per heavy atom. The van der Waals surface area contributed by atoms with Gasteiger partial charge in [0, 0.05) is 55.0 Å². The molecule has 0 amide bonds. The summed E-state index contributed by atoms with van der Waals surface area (Å²) in [4.78, 5) is 12.0. The number of aliphatic imine (C=N–C) groups is 1. The second kappa shape index (κ2) is 8.37. The molecule has 3 aliphatic heterocycles.